The van der Waals surface area contributed by atoms with Gasteiger partial charge in [-0.25, -0.2) is 0 Å². The van der Waals surface area contributed by atoms with E-state index in [2.05, 4.69) is 6.92 Å². The second-order valence-electron chi connectivity index (χ2n) is 3.84. The molecule has 0 aromatic carbocycles. The number of methoxy groups -OCH3 is 2. The molecule has 2 nitrogen and oxygen atoms in total. The Kier molecular flexibility index (Phi) is 10.9. The summed E-state index contributed by atoms with van der Waals surface area (Å²) in [6.45, 7) is 2.25. The first-order valence-corrected chi connectivity index (χ1v) is 6.13. The van der Waals surface area contributed by atoms with Gasteiger partial charge in [-0.3, -0.25) is 0 Å². The van der Waals surface area contributed by atoms with E-state index >= 15 is 0 Å². The Morgan fingerprint density at radius 1 is 0.867 bits per heavy atom. The van der Waals surface area contributed by atoms with Gasteiger partial charge in [0.05, 0.1) is 14.2 Å². The van der Waals surface area contributed by atoms with Crippen LogP contribution in [0.2, 0.25) is 0 Å². The van der Waals surface area contributed by atoms with Crippen LogP contribution in [-0.2, 0) is 9.47 Å². The van der Waals surface area contributed by atoms with E-state index in [9.17, 15) is 0 Å². The zero-order chi connectivity index (χ0) is 11.4. The van der Waals surface area contributed by atoms with Crippen LogP contribution in [0.4, 0.5) is 0 Å². The molecule has 0 atom stereocenters. The fourth-order valence-electron chi connectivity index (χ4n) is 1.57. The first kappa shape index (κ1) is 14.3. The molecule has 0 bridgehead atoms. The average molecular weight is 214 g/mol. The molecule has 0 aromatic heterocycles. The molecular weight excluding hydrogens is 188 g/mol. The molecule has 0 amide bonds. The molecular formula is C13H26O2. The van der Waals surface area contributed by atoms with Crippen molar-refractivity contribution in [3.63, 3.8) is 0 Å². The fourth-order valence-corrected chi connectivity index (χ4v) is 1.57. The molecule has 2 heteroatoms. The van der Waals surface area contributed by atoms with Gasteiger partial charge in [0.2, 0.25) is 0 Å². The monoisotopic (exact) mass is 214 g/mol. The molecule has 0 heterocycles. The lowest BCUT2D eigenvalue weighted by molar-refractivity contribution is 0.0938. The van der Waals surface area contributed by atoms with Crippen molar-refractivity contribution in [2.24, 2.45) is 0 Å². The van der Waals surface area contributed by atoms with Gasteiger partial charge in [-0.05, 0) is 18.9 Å². The Hall–Kier alpha value is -0.660. The quantitative estimate of drug-likeness (QED) is 0.399. The molecule has 0 fully saturated rings. The van der Waals surface area contributed by atoms with Crippen molar-refractivity contribution in [3.05, 3.63) is 12.0 Å². The fraction of sp³-hybridized carbons (Fsp3) is 0.846. The molecule has 15 heavy (non-hydrogen) atoms. The van der Waals surface area contributed by atoms with E-state index in [1.807, 2.05) is 6.08 Å². The minimum atomic E-state index is 0.640. The van der Waals surface area contributed by atoms with E-state index in [0.29, 0.717) is 5.95 Å². The second kappa shape index (κ2) is 11.4. The molecule has 0 aliphatic heterocycles. The zero-order valence-electron chi connectivity index (χ0n) is 10.6. The van der Waals surface area contributed by atoms with Gasteiger partial charge < -0.3 is 9.47 Å². The third kappa shape index (κ3) is 9.64. The molecule has 0 aliphatic carbocycles. The minimum Gasteiger partial charge on any atom is -0.469 e. The molecule has 0 aliphatic rings. The lowest BCUT2D eigenvalue weighted by Gasteiger charge is -2.03. The number of hydrogen-bond acceptors (Lipinski definition) is 2. The lowest BCUT2D eigenvalue weighted by Crippen LogP contribution is -1.89. The van der Waals surface area contributed by atoms with Gasteiger partial charge in [-0.15, -0.1) is 0 Å². The summed E-state index contributed by atoms with van der Waals surface area (Å²) in [5.74, 6) is 0.640. The van der Waals surface area contributed by atoms with Gasteiger partial charge in [-0.2, -0.15) is 0 Å². The van der Waals surface area contributed by atoms with Crippen molar-refractivity contribution in [1.82, 2.24) is 0 Å². The van der Waals surface area contributed by atoms with Crippen molar-refractivity contribution in [2.45, 2.75) is 58.3 Å². The van der Waals surface area contributed by atoms with Crippen LogP contribution in [0, 0.1) is 0 Å². The predicted octanol–water partition coefficient (Wildman–Crippen LogP) is 4.26. The number of hydrogen-bond donors (Lipinski definition) is 0. The Balaban J connectivity index is 3.20. The van der Waals surface area contributed by atoms with Gasteiger partial charge in [0.1, 0.15) is 0 Å². The number of rotatable bonds is 10. The predicted molar refractivity (Wildman–Crippen MR) is 64.7 cm³/mol. The van der Waals surface area contributed by atoms with Crippen LogP contribution in [0.3, 0.4) is 0 Å². The van der Waals surface area contributed by atoms with E-state index in [1.54, 1.807) is 14.2 Å². The first-order chi connectivity index (χ1) is 7.35. The van der Waals surface area contributed by atoms with Gasteiger partial charge in [0, 0.05) is 0 Å². The maximum absolute atomic E-state index is 5.00. The molecule has 0 saturated heterocycles. The highest BCUT2D eigenvalue weighted by atomic mass is 16.7. The van der Waals surface area contributed by atoms with E-state index in [-0.39, 0.29) is 0 Å². The third-order valence-electron chi connectivity index (χ3n) is 2.52. The molecule has 90 valence electrons. The highest BCUT2D eigenvalue weighted by Gasteiger charge is 1.93. The molecule has 0 saturated carbocycles. The summed E-state index contributed by atoms with van der Waals surface area (Å²) in [7, 11) is 3.28. The van der Waals surface area contributed by atoms with Crippen LogP contribution in [-0.4, -0.2) is 14.2 Å². The minimum absolute atomic E-state index is 0.640. The van der Waals surface area contributed by atoms with Crippen LogP contribution in [0.1, 0.15) is 58.3 Å². The lowest BCUT2D eigenvalue weighted by atomic mass is 10.1. The highest BCUT2D eigenvalue weighted by molar-refractivity contribution is 4.82. The van der Waals surface area contributed by atoms with E-state index in [1.165, 1.54) is 44.9 Å². The summed E-state index contributed by atoms with van der Waals surface area (Å²) < 4.78 is 10.00. The Morgan fingerprint density at radius 3 is 1.93 bits per heavy atom. The molecule has 0 radical (unpaired) electrons. The van der Waals surface area contributed by atoms with Crippen molar-refractivity contribution in [2.75, 3.05) is 14.2 Å². The van der Waals surface area contributed by atoms with Crippen LogP contribution >= 0.6 is 0 Å². The van der Waals surface area contributed by atoms with Crippen LogP contribution in [0.15, 0.2) is 12.0 Å². The molecule has 0 spiro atoms. The largest absolute Gasteiger partial charge is 0.469 e. The normalized spacial score (nSPS) is 9.80. The summed E-state index contributed by atoms with van der Waals surface area (Å²) in [5.41, 5.74) is 0. The van der Waals surface area contributed by atoms with E-state index in [4.69, 9.17) is 9.47 Å². The summed E-state index contributed by atoms with van der Waals surface area (Å²) in [6.07, 6.45) is 12.5. The van der Waals surface area contributed by atoms with Crippen molar-refractivity contribution < 1.29 is 9.47 Å². The summed E-state index contributed by atoms with van der Waals surface area (Å²) in [5, 5.41) is 0. The van der Waals surface area contributed by atoms with Gasteiger partial charge >= 0.3 is 0 Å². The number of ether oxygens (including phenoxy) is 2. The van der Waals surface area contributed by atoms with Crippen LogP contribution in [0.5, 0.6) is 0 Å². The van der Waals surface area contributed by atoms with Gasteiger partial charge in [0.25, 0.3) is 5.95 Å². The maximum Gasteiger partial charge on any atom is 0.274 e. The van der Waals surface area contributed by atoms with Crippen molar-refractivity contribution >= 4 is 0 Å². The smallest absolute Gasteiger partial charge is 0.274 e. The summed E-state index contributed by atoms with van der Waals surface area (Å²) in [4.78, 5) is 0. The summed E-state index contributed by atoms with van der Waals surface area (Å²) >= 11 is 0. The molecule has 0 N–H and O–H groups in total. The SMILES string of the molecule is CCCCCCCCCC=C(OC)OC. The molecule has 0 rings (SSSR count). The van der Waals surface area contributed by atoms with E-state index < -0.39 is 0 Å². The van der Waals surface area contributed by atoms with Gasteiger partial charge in [-0.1, -0.05) is 45.4 Å². The average Bonchev–Trinajstić information content (AvgIpc) is 2.27. The number of allylic oxidation sites excluding steroid dienone is 1. The van der Waals surface area contributed by atoms with Gasteiger partial charge in [0.15, 0.2) is 0 Å². The third-order valence-corrected chi connectivity index (χ3v) is 2.52. The standard InChI is InChI=1S/C13H26O2/c1-4-5-6-7-8-9-10-11-12-13(14-2)15-3/h12H,4-11H2,1-3H3. The molecule has 0 unspecified atom stereocenters. The maximum atomic E-state index is 5.00. The first-order valence-electron chi connectivity index (χ1n) is 6.13. The Labute approximate surface area is 94.7 Å². The summed E-state index contributed by atoms with van der Waals surface area (Å²) in [6, 6.07) is 0. The van der Waals surface area contributed by atoms with Crippen LogP contribution in [0.25, 0.3) is 0 Å². The Morgan fingerprint density at radius 2 is 1.40 bits per heavy atom. The second-order valence-corrected chi connectivity index (χ2v) is 3.84. The van der Waals surface area contributed by atoms with Crippen LogP contribution < -0.4 is 0 Å². The van der Waals surface area contributed by atoms with Crippen molar-refractivity contribution in [1.29, 1.82) is 0 Å². The molecule has 0 aromatic rings. The zero-order valence-corrected chi connectivity index (χ0v) is 10.6. The Bertz CT molecular complexity index is 147. The number of unbranched alkanes of at least 4 members (excludes halogenated alkanes) is 7. The highest BCUT2D eigenvalue weighted by Crippen LogP contribution is 2.09. The topological polar surface area (TPSA) is 18.5 Å². The van der Waals surface area contributed by atoms with E-state index in [0.717, 1.165) is 6.42 Å². The van der Waals surface area contributed by atoms with Crippen molar-refractivity contribution in [3.8, 4) is 0 Å².